The first-order chi connectivity index (χ1) is 7.53. The van der Waals surface area contributed by atoms with Crippen LogP contribution in [0.5, 0.6) is 0 Å². The highest BCUT2D eigenvalue weighted by molar-refractivity contribution is 8.00. The van der Waals surface area contributed by atoms with Gasteiger partial charge in [0.1, 0.15) is 0 Å². The van der Waals surface area contributed by atoms with Crippen molar-refractivity contribution < 1.29 is 13.2 Å². The van der Waals surface area contributed by atoms with Crippen molar-refractivity contribution in [3.8, 4) is 0 Å². The molecule has 0 amide bonds. The van der Waals surface area contributed by atoms with E-state index in [0.29, 0.717) is 12.6 Å². The molecular formula is C11H12F3NS. The van der Waals surface area contributed by atoms with Gasteiger partial charge < -0.3 is 5.32 Å². The minimum atomic E-state index is -4.21. The van der Waals surface area contributed by atoms with Crippen LogP contribution in [0.25, 0.3) is 0 Å². The SMILES string of the molecule is FC(F)(F)Sc1cccc(CNC2CC2)c1. The molecule has 16 heavy (non-hydrogen) atoms. The molecule has 0 unspecified atom stereocenters. The van der Waals surface area contributed by atoms with Crippen LogP contribution in [0.3, 0.4) is 0 Å². The number of halogens is 3. The number of hydrogen-bond donors (Lipinski definition) is 1. The van der Waals surface area contributed by atoms with E-state index >= 15 is 0 Å². The van der Waals surface area contributed by atoms with Gasteiger partial charge in [0.15, 0.2) is 0 Å². The molecule has 1 N–H and O–H groups in total. The van der Waals surface area contributed by atoms with Crippen LogP contribution < -0.4 is 5.32 Å². The Labute approximate surface area is 96.4 Å². The van der Waals surface area contributed by atoms with Crippen molar-refractivity contribution in [2.75, 3.05) is 0 Å². The molecule has 1 aliphatic carbocycles. The van der Waals surface area contributed by atoms with Crippen LogP contribution in [0.15, 0.2) is 29.2 Å². The number of benzene rings is 1. The van der Waals surface area contributed by atoms with Gasteiger partial charge in [-0.15, -0.1) is 0 Å². The van der Waals surface area contributed by atoms with Crippen molar-refractivity contribution in [1.29, 1.82) is 0 Å². The highest BCUT2D eigenvalue weighted by Gasteiger charge is 2.29. The van der Waals surface area contributed by atoms with E-state index < -0.39 is 5.51 Å². The summed E-state index contributed by atoms with van der Waals surface area (Å²) in [7, 11) is 0. The second-order valence-electron chi connectivity index (χ2n) is 3.85. The molecule has 0 heterocycles. The third-order valence-corrected chi connectivity index (χ3v) is 3.03. The summed E-state index contributed by atoms with van der Waals surface area (Å²) in [4.78, 5) is 0.252. The Hall–Kier alpha value is -0.680. The predicted molar refractivity (Wildman–Crippen MR) is 58.2 cm³/mol. The average Bonchev–Trinajstić information content (AvgIpc) is 2.96. The van der Waals surface area contributed by atoms with Crippen LogP contribution in [-0.4, -0.2) is 11.6 Å². The van der Waals surface area contributed by atoms with Crippen molar-refractivity contribution in [3.05, 3.63) is 29.8 Å². The lowest BCUT2D eigenvalue weighted by molar-refractivity contribution is -0.0328. The number of rotatable bonds is 4. The van der Waals surface area contributed by atoms with Crippen molar-refractivity contribution in [3.63, 3.8) is 0 Å². The smallest absolute Gasteiger partial charge is 0.310 e. The van der Waals surface area contributed by atoms with Gasteiger partial charge in [-0.3, -0.25) is 0 Å². The zero-order valence-corrected chi connectivity index (χ0v) is 9.37. The maximum absolute atomic E-state index is 12.1. The molecule has 0 atom stereocenters. The van der Waals surface area contributed by atoms with Gasteiger partial charge in [-0.25, -0.2) is 0 Å². The van der Waals surface area contributed by atoms with E-state index in [2.05, 4.69) is 5.32 Å². The van der Waals surface area contributed by atoms with E-state index in [0.717, 1.165) is 5.56 Å². The summed E-state index contributed by atoms with van der Waals surface area (Å²) in [5.74, 6) is 0. The maximum atomic E-state index is 12.1. The molecule has 1 aliphatic rings. The Balaban J connectivity index is 1.95. The van der Waals surface area contributed by atoms with Crippen molar-refractivity contribution in [2.45, 2.75) is 35.8 Å². The van der Waals surface area contributed by atoms with Crippen LogP contribution in [0.2, 0.25) is 0 Å². The summed E-state index contributed by atoms with van der Waals surface area (Å²) >= 11 is -0.0630. The van der Waals surface area contributed by atoms with Crippen molar-refractivity contribution in [1.82, 2.24) is 5.32 Å². The Morgan fingerprint density at radius 2 is 2.06 bits per heavy atom. The molecule has 0 radical (unpaired) electrons. The molecule has 1 aromatic rings. The van der Waals surface area contributed by atoms with Gasteiger partial charge >= 0.3 is 5.51 Å². The zero-order chi connectivity index (χ0) is 11.6. The van der Waals surface area contributed by atoms with Crippen molar-refractivity contribution >= 4 is 11.8 Å². The Morgan fingerprint density at radius 3 is 2.69 bits per heavy atom. The maximum Gasteiger partial charge on any atom is 0.446 e. The van der Waals surface area contributed by atoms with Gasteiger partial charge in [-0.1, -0.05) is 12.1 Å². The van der Waals surface area contributed by atoms with Crippen LogP contribution in [0.4, 0.5) is 13.2 Å². The van der Waals surface area contributed by atoms with Crippen LogP contribution in [0, 0.1) is 0 Å². The lowest BCUT2D eigenvalue weighted by atomic mass is 10.2. The zero-order valence-electron chi connectivity index (χ0n) is 8.55. The largest absolute Gasteiger partial charge is 0.446 e. The molecule has 1 aromatic carbocycles. The second-order valence-corrected chi connectivity index (χ2v) is 4.99. The highest BCUT2D eigenvalue weighted by Crippen LogP contribution is 2.36. The monoisotopic (exact) mass is 247 g/mol. The predicted octanol–water partition coefficient (Wildman–Crippen LogP) is 3.55. The Kier molecular flexibility index (Phi) is 3.44. The molecule has 0 aliphatic heterocycles. The third kappa shape index (κ3) is 4.06. The molecule has 0 bridgehead atoms. The first kappa shape index (κ1) is 11.8. The number of alkyl halides is 3. The van der Waals surface area contributed by atoms with Gasteiger partial charge in [0.2, 0.25) is 0 Å². The summed E-state index contributed by atoms with van der Waals surface area (Å²) in [6, 6.07) is 7.15. The molecule has 1 nitrogen and oxygen atoms in total. The molecule has 0 spiro atoms. The quantitative estimate of drug-likeness (QED) is 0.817. The fourth-order valence-corrected chi connectivity index (χ4v) is 2.03. The molecule has 88 valence electrons. The van der Waals surface area contributed by atoms with E-state index in [9.17, 15) is 13.2 Å². The van der Waals surface area contributed by atoms with Gasteiger partial charge in [0, 0.05) is 17.5 Å². The fourth-order valence-electron chi connectivity index (χ4n) is 1.40. The van der Waals surface area contributed by atoms with Crippen LogP contribution in [0.1, 0.15) is 18.4 Å². The minimum Gasteiger partial charge on any atom is -0.310 e. The highest BCUT2D eigenvalue weighted by atomic mass is 32.2. The van der Waals surface area contributed by atoms with Gasteiger partial charge in [0.25, 0.3) is 0 Å². The summed E-state index contributed by atoms with van der Waals surface area (Å²) in [6.45, 7) is 0.650. The third-order valence-electron chi connectivity index (χ3n) is 2.30. The average molecular weight is 247 g/mol. The topological polar surface area (TPSA) is 12.0 Å². The molecule has 5 heteroatoms. The summed E-state index contributed by atoms with van der Waals surface area (Å²) in [5.41, 5.74) is -3.30. The van der Waals surface area contributed by atoms with Crippen molar-refractivity contribution in [2.24, 2.45) is 0 Å². The molecule has 2 rings (SSSR count). The van der Waals surface area contributed by atoms with Gasteiger partial charge in [-0.2, -0.15) is 13.2 Å². The fraction of sp³-hybridized carbons (Fsp3) is 0.455. The van der Waals surface area contributed by atoms with E-state index in [1.54, 1.807) is 12.1 Å². The van der Waals surface area contributed by atoms with Gasteiger partial charge in [0.05, 0.1) is 0 Å². The Morgan fingerprint density at radius 1 is 1.31 bits per heavy atom. The lowest BCUT2D eigenvalue weighted by Crippen LogP contribution is -2.15. The number of thioether (sulfide) groups is 1. The van der Waals surface area contributed by atoms with E-state index in [-0.39, 0.29) is 16.7 Å². The summed E-state index contributed by atoms with van der Waals surface area (Å²) in [5, 5.41) is 3.27. The molecule has 1 fully saturated rings. The van der Waals surface area contributed by atoms with Crippen LogP contribution >= 0.6 is 11.8 Å². The summed E-state index contributed by atoms with van der Waals surface area (Å²) < 4.78 is 36.4. The Bertz CT molecular complexity index is 360. The first-order valence-electron chi connectivity index (χ1n) is 5.11. The van der Waals surface area contributed by atoms with E-state index in [1.807, 2.05) is 6.07 Å². The second kappa shape index (κ2) is 4.67. The lowest BCUT2D eigenvalue weighted by Gasteiger charge is -2.08. The van der Waals surface area contributed by atoms with E-state index in [4.69, 9.17) is 0 Å². The standard InChI is InChI=1S/C11H12F3NS/c12-11(13,14)16-10-3-1-2-8(6-10)7-15-9-4-5-9/h1-3,6,9,15H,4-5,7H2. The normalized spacial score (nSPS) is 16.4. The first-order valence-corrected chi connectivity index (χ1v) is 5.93. The summed E-state index contributed by atoms with van der Waals surface area (Å²) in [6.07, 6.45) is 2.36. The molecule has 0 saturated heterocycles. The minimum absolute atomic E-state index is 0.0630. The van der Waals surface area contributed by atoms with E-state index in [1.165, 1.54) is 18.9 Å². The van der Waals surface area contributed by atoms with Gasteiger partial charge in [-0.05, 0) is 42.3 Å². The molecule has 0 aromatic heterocycles. The number of nitrogens with one attached hydrogen (secondary N) is 1. The van der Waals surface area contributed by atoms with Crippen LogP contribution in [-0.2, 0) is 6.54 Å². The molecular weight excluding hydrogens is 235 g/mol. The molecule has 1 saturated carbocycles. The number of hydrogen-bond acceptors (Lipinski definition) is 2.